The molecule has 0 radical (unpaired) electrons. The van der Waals surface area contributed by atoms with Crippen LogP contribution in [0.3, 0.4) is 0 Å². The topological polar surface area (TPSA) is 56.5 Å². The highest BCUT2D eigenvalue weighted by molar-refractivity contribution is 5.89. The molecule has 1 aromatic carbocycles. The fourth-order valence-electron chi connectivity index (χ4n) is 2.82. The Morgan fingerprint density at radius 3 is 2.48 bits per heavy atom. The van der Waals surface area contributed by atoms with Gasteiger partial charge < -0.3 is 4.74 Å². The number of carbonyl (C=O) groups excluding carboxylic acids is 1. The van der Waals surface area contributed by atoms with Gasteiger partial charge in [-0.15, -0.1) is 10.2 Å². The van der Waals surface area contributed by atoms with Crippen LogP contribution in [0.5, 0.6) is 0 Å². The average Bonchev–Trinajstić information content (AvgIpc) is 3.00. The number of pyridine rings is 1. The molecular formula is C20H23N3O2. The highest BCUT2D eigenvalue weighted by Crippen LogP contribution is 2.27. The van der Waals surface area contributed by atoms with Crippen molar-refractivity contribution in [2.45, 2.75) is 46.6 Å². The van der Waals surface area contributed by atoms with E-state index in [0.29, 0.717) is 11.2 Å². The normalized spacial score (nSPS) is 11.7. The molecule has 0 N–H and O–H groups in total. The summed E-state index contributed by atoms with van der Waals surface area (Å²) in [6, 6.07) is 7.81. The Morgan fingerprint density at radius 1 is 1.16 bits per heavy atom. The molecule has 0 atom stereocenters. The predicted octanol–water partition coefficient (Wildman–Crippen LogP) is 4.00. The summed E-state index contributed by atoms with van der Waals surface area (Å²) in [4.78, 5) is 12.4. The molecule has 0 bridgehead atoms. The van der Waals surface area contributed by atoms with Crippen LogP contribution in [0.1, 0.15) is 53.4 Å². The molecular weight excluding hydrogens is 314 g/mol. The van der Waals surface area contributed by atoms with Gasteiger partial charge in [0.05, 0.1) is 5.56 Å². The average molecular weight is 337 g/mol. The van der Waals surface area contributed by atoms with Crippen LogP contribution in [0.4, 0.5) is 0 Å². The van der Waals surface area contributed by atoms with Gasteiger partial charge in [0, 0.05) is 6.20 Å². The van der Waals surface area contributed by atoms with Crippen LogP contribution < -0.4 is 0 Å². The Kier molecular flexibility index (Phi) is 4.33. The Balaban J connectivity index is 1.77. The monoisotopic (exact) mass is 337 g/mol. The molecule has 2 heterocycles. The van der Waals surface area contributed by atoms with Crippen molar-refractivity contribution >= 4 is 11.6 Å². The number of benzene rings is 1. The van der Waals surface area contributed by atoms with Crippen LogP contribution in [-0.4, -0.2) is 20.6 Å². The van der Waals surface area contributed by atoms with Crippen molar-refractivity contribution in [3.63, 3.8) is 0 Å². The number of esters is 1. The summed E-state index contributed by atoms with van der Waals surface area (Å²) in [5, 5.41) is 7.73. The third-order valence-electron chi connectivity index (χ3n) is 4.44. The minimum Gasteiger partial charge on any atom is -0.457 e. The first kappa shape index (κ1) is 17.1. The van der Waals surface area contributed by atoms with E-state index in [0.717, 1.165) is 16.7 Å². The molecule has 3 rings (SSSR count). The first-order chi connectivity index (χ1) is 11.8. The van der Waals surface area contributed by atoms with E-state index in [-0.39, 0.29) is 18.0 Å². The maximum atomic E-state index is 12.4. The zero-order valence-corrected chi connectivity index (χ0v) is 15.3. The molecule has 0 aliphatic heterocycles. The van der Waals surface area contributed by atoms with Crippen LogP contribution in [0.25, 0.3) is 5.65 Å². The summed E-state index contributed by atoms with van der Waals surface area (Å²) in [6.07, 6.45) is 3.24. The van der Waals surface area contributed by atoms with Gasteiger partial charge in [-0.1, -0.05) is 32.9 Å². The van der Waals surface area contributed by atoms with E-state index in [1.807, 2.05) is 0 Å². The first-order valence-corrected chi connectivity index (χ1v) is 8.33. The molecule has 5 nitrogen and oxygen atoms in total. The number of ether oxygens (including phenoxy) is 1. The van der Waals surface area contributed by atoms with Gasteiger partial charge >= 0.3 is 5.97 Å². The van der Waals surface area contributed by atoms with Gasteiger partial charge in [0.1, 0.15) is 12.9 Å². The minimum absolute atomic E-state index is 0.0962. The molecule has 0 saturated carbocycles. The van der Waals surface area contributed by atoms with E-state index in [2.05, 4.69) is 56.9 Å². The lowest BCUT2D eigenvalue weighted by molar-refractivity contribution is 0.0471. The summed E-state index contributed by atoms with van der Waals surface area (Å²) in [6.45, 7) is 11.0. The van der Waals surface area contributed by atoms with Gasteiger partial charge in [-0.2, -0.15) is 0 Å². The molecule has 0 aliphatic rings. The zero-order chi connectivity index (χ0) is 18.2. The summed E-state index contributed by atoms with van der Waals surface area (Å²) in [7, 11) is 0. The Bertz CT molecular complexity index is 913. The van der Waals surface area contributed by atoms with Crippen LogP contribution in [0, 0.1) is 13.8 Å². The van der Waals surface area contributed by atoms with E-state index < -0.39 is 0 Å². The molecule has 0 saturated heterocycles. The molecule has 0 spiro atoms. The van der Waals surface area contributed by atoms with Crippen molar-refractivity contribution in [2.24, 2.45) is 0 Å². The van der Waals surface area contributed by atoms with Crippen LogP contribution in [-0.2, 0) is 16.8 Å². The smallest absolute Gasteiger partial charge is 0.339 e. The van der Waals surface area contributed by atoms with Gasteiger partial charge in [-0.05, 0) is 53.6 Å². The number of carbonyl (C=O) groups is 1. The van der Waals surface area contributed by atoms with Crippen LogP contribution >= 0.6 is 0 Å². The van der Waals surface area contributed by atoms with Gasteiger partial charge in [-0.25, -0.2) is 4.79 Å². The van der Waals surface area contributed by atoms with Crippen LogP contribution in [0.2, 0.25) is 0 Å². The number of aryl methyl sites for hydroxylation is 2. The molecule has 130 valence electrons. The van der Waals surface area contributed by atoms with E-state index in [9.17, 15) is 4.79 Å². The SMILES string of the molecule is Cc1cc(C(C)(C)C)cc(C)c1COC(=O)c1ccc2nncn2c1. The van der Waals surface area contributed by atoms with Crippen molar-refractivity contribution in [2.75, 3.05) is 0 Å². The van der Waals surface area contributed by atoms with E-state index in [1.54, 1.807) is 29.1 Å². The van der Waals surface area contributed by atoms with Gasteiger partial charge in [-0.3, -0.25) is 4.40 Å². The second kappa shape index (κ2) is 6.31. The summed E-state index contributed by atoms with van der Waals surface area (Å²) in [5.41, 5.74) is 5.91. The molecule has 0 amide bonds. The molecule has 25 heavy (non-hydrogen) atoms. The lowest BCUT2D eigenvalue weighted by Crippen LogP contribution is -2.13. The number of nitrogens with zero attached hydrogens (tertiary/aromatic N) is 3. The van der Waals surface area contributed by atoms with Gasteiger partial charge in [0.25, 0.3) is 0 Å². The molecule has 0 aliphatic carbocycles. The number of rotatable bonds is 3. The van der Waals surface area contributed by atoms with E-state index in [1.165, 1.54) is 5.56 Å². The Hall–Kier alpha value is -2.69. The Morgan fingerprint density at radius 2 is 1.84 bits per heavy atom. The quantitative estimate of drug-likeness (QED) is 0.678. The number of fused-ring (bicyclic) bond motifs is 1. The fraction of sp³-hybridized carbons (Fsp3) is 0.350. The van der Waals surface area contributed by atoms with Gasteiger partial charge in [0.15, 0.2) is 5.65 Å². The second-order valence-electron chi connectivity index (χ2n) is 7.43. The third-order valence-corrected chi connectivity index (χ3v) is 4.44. The number of aromatic nitrogens is 3. The predicted molar refractivity (Wildman–Crippen MR) is 96.7 cm³/mol. The lowest BCUT2D eigenvalue weighted by Gasteiger charge is -2.22. The van der Waals surface area contributed by atoms with Crippen molar-refractivity contribution in [3.8, 4) is 0 Å². The standard InChI is InChI=1S/C20H23N3O2/c1-13-8-16(20(3,4)5)9-14(2)17(13)11-25-19(24)15-6-7-18-22-21-12-23(18)10-15/h6-10,12H,11H2,1-5H3. The zero-order valence-electron chi connectivity index (χ0n) is 15.3. The van der Waals surface area contributed by atoms with Crippen molar-refractivity contribution in [3.05, 3.63) is 64.6 Å². The third kappa shape index (κ3) is 3.55. The summed E-state index contributed by atoms with van der Waals surface area (Å²) < 4.78 is 7.23. The molecule has 3 aromatic rings. The number of hydrogen-bond donors (Lipinski definition) is 0. The van der Waals surface area contributed by atoms with Crippen LogP contribution in [0.15, 0.2) is 36.8 Å². The van der Waals surface area contributed by atoms with Crippen molar-refractivity contribution in [1.82, 2.24) is 14.6 Å². The first-order valence-electron chi connectivity index (χ1n) is 8.33. The van der Waals surface area contributed by atoms with Gasteiger partial charge in [0.2, 0.25) is 0 Å². The summed E-state index contributed by atoms with van der Waals surface area (Å²) in [5.74, 6) is -0.353. The van der Waals surface area contributed by atoms with Crippen molar-refractivity contribution < 1.29 is 9.53 Å². The second-order valence-corrected chi connectivity index (χ2v) is 7.43. The summed E-state index contributed by atoms with van der Waals surface area (Å²) >= 11 is 0. The van der Waals surface area contributed by atoms with Crippen molar-refractivity contribution in [1.29, 1.82) is 0 Å². The molecule has 5 heteroatoms. The maximum absolute atomic E-state index is 12.4. The minimum atomic E-state index is -0.353. The highest BCUT2D eigenvalue weighted by atomic mass is 16.5. The molecule has 0 fully saturated rings. The van der Waals surface area contributed by atoms with E-state index >= 15 is 0 Å². The largest absolute Gasteiger partial charge is 0.457 e. The highest BCUT2D eigenvalue weighted by Gasteiger charge is 2.17. The maximum Gasteiger partial charge on any atom is 0.339 e. The lowest BCUT2D eigenvalue weighted by atomic mass is 9.84. The number of hydrogen-bond acceptors (Lipinski definition) is 4. The van der Waals surface area contributed by atoms with E-state index in [4.69, 9.17) is 4.74 Å². The Labute approximate surface area is 147 Å². The molecule has 2 aromatic heterocycles. The fourth-order valence-corrected chi connectivity index (χ4v) is 2.82. The molecule has 0 unspecified atom stereocenters.